The molecule has 0 aromatic carbocycles. The van der Waals surface area contributed by atoms with E-state index in [0.717, 1.165) is 25.7 Å². The van der Waals surface area contributed by atoms with Crippen LogP contribution in [0.3, 0.4) is 0 Å². The largest absolute Gasteiger partial charge is 0.387 e. The molecular weight excluding hydrogens is 228 g/mol. The van der Waals surface area contributed by atoms with Crippen LogP contribution in [0.15, 0.2) is 0 Å². The molecular formula is C14H30N2O2. The molecule has 1 atom stereocenters. The lowest BCUT2D eigenvalue weighted by Gasteiger charge is -2.28. The number of rotatable bonds is 9. The Bertz CT molecular complexity index is 234. The second-order valence-electron chi connectivity index (χ2n) is 5.73. The molecule has 4 heteroatoms. The van der Waals surface area contributed by atoms with Gasteiger partial charge in [0.05, 0.1) is 5.60 Å². The third-order valence-corrected chi connectivity index (χ3v) is 2.95. The lowest BCUT2D eigenvalue weighted by molar-refractivity contribution is -0.126. The van der Waals surface area contributed by atoms with Crippen molar-refractivity contribution in [3.05, 3.63) is 0 Å². The SMILES string of the molecule is CCCC(CCC)C(=O)NCC(C)(O)CN(C)C. The second-order valence-corrected chi connectivity index (χ2v) is 5.73. The number of likely N-dealkylation sites (N-methyl/N-ethyl adjacent to an activating group) is 1. The van der Waals surface area contributed by atoms with Crippen molar-refractivity contribution in [2.75, 3.05) is 27.2 Å². The summed E-state index contributed by atoms with van der Waals surface area (Å²) in [5.74, 6) is 0.174. The quantitative estimate of drug-likeness (QED) is 0.661. The fourth-order valence-electron chi connectivity index (χ4n) is 2.26. The number of nitrogens with one attached hydrogen (secondary N) is 1. The molecule has 108 valence electrons. The lowest BCUT2D eigenvalue weighted by Crippen LogP contribution is -2.48. The van der Waals surface area contributed by atoms with E-state index in [1.165, 1.54) is 0 Å². The Labute approximate surface area is 112 Å². The molecule has 0 aliphatic heterocycles. The van der Waals surface area contributed by atoms with Crippen molar-refractivity contribution in [1.29, 1.82) is 0 Å². The number of aliphatic hydroxyl groups is 1. The lowest BCUT2D eigenvalue weighted by atomic mass is 9.97. The van der Waals surface area contributed by atoms with Gasteiger partial charge in [0.1, 0.15) is 0 Å². The highest BCUT2D eigenvalue weighted by Crippen LogP contribution is 2.14. The molecule has 2 N–H and O–H groups in total. The van der Waals surface area contributed by atoms with Crippen molar-refractivity contribution in [2.24, 2.45) is 5.92 Å². The maximum absolute atomic E-state index is 12.0. The monoisotopic (exact) mass is 258 g/mol. The third kappa shape index (κ3) is 7.67. The van der Waals surface area contributed by atoms with Gasteiger partial charge < -0.3 is 15.3 Å². The number of hydrogen-bond donors (Lipinski definition) is 2. The van der Waals surface area contributed by atoms with Crippen LogP contribution >= 0.6 is 0 Å². The third-order valence-electron chi connectivity index (χ3n) is 2.95. The zero-order chi connectivity index (χ0) is 14.2. The summed E-state index contributed by atoms with van der Waals surface area (Å²) >= 11 is 0. The number of carbonyl (C=O) groups excluding carboxylic acids is 1. The maximum atomic E-state index is 12.0. The van der Waals surface area contributed by atoms with Gasteiger partial charge in [0.2, 0.25) is 5.91 Å². The van der Waals surface area contributed by atoms with Gasteiger partial charge in [-0.15, -0.1) is 0 Å². The minimum absolute atomic E-state index is 0.0812. The Morgan fingerprint density at radius 2 is 1.78 bits per heavy atom. The summed E-state index contributed by atoms with van der Waals surface area (Å²) in [6, 6.07) is 0. The fourth-order valence-corrected chi connectivity index (χ4v) is 2.26. The van der Waals surface area contributed by atoms with Crippen molar-refractivity contribution >= 4 is 5.91 Å². The first-order chi connectivity index (χ1) is 8.32. The van der Waals surface area contributed by atoms with Crippen LogP contribution in [0.2, 0.25) is 0 Å². The smallest absolute Gasteiger partial charge is 0.223 e. The minimum Gasteiger partial charge on any atom is -0.387 e. The van der Waals surface area contributed by atoms with E-state index in [-0.39, 0.29) is 11.8 Å². The summed E-state index contributed by atoms with van der Waals surface area (Å²) in [7, 11) is 3.82. The number of carbonyl (C=O) groups is 1. The average molecular weight is 258 g/mol. The molecule has 0 radical (unpaired) electrons. The summed E-state index contributed by atoms with van der Waals surface area (Å²) < 4.78 is 0. The summed E-state index contributed by atoms with van der Waals surface area (Å²) in [6.07, 6.45) is 3.89. The highest BCUT2D eigenvalue weighted by atomic mass is 16.3. The van der Waals surface area contributed by atoms with Gasteiger partial charge in [-0.1, -0.05) is 26.7 Å². The van der Waals surface area contributed by atoms with Crippen molar-refractivity contribution in [3.8, 4) is 0 Å². The minimum atomic E-state index is -0.873. The number of nitrogens with zero attached hydrogens (tertiary/aromatic N) is 1. The first-order valence-electron chi connectivity index (χ1n) is 6.97. The van der Waals surface area contributed by atoms with Crippen LogP contribution in [-0.4, -0.2) is 48.7 Å². The molecule has 0 rings (SSSR count). The van der Waals surface area contributed by atoms with Gasteiger partial charge >= 0.3 is 0 Å². The van der Waals surface area contributed by atoms with Crippen molar-refractivity contribution in [1.82, 2.24) is 10.2 Å². The molecule has 1 unspecified atom stereocenters. The van der Waals surface area contributed by atoms with Crippen molar-refractivity contribution < 1.29 is 9.90 Å². The van der Waals surface area contributed by atoms with Crippen LogP contribution in [0.4, 0.5) is 0 Å². The Kier molecular flexibility index (Phi) is 8.20. The van der Waals surface area contributed by atoms with Crippen LogP contribution in [0.5, 0.6) is 0 Å². The predicted octanol–water partition coefficient (Wildman–Crippen LogP) is 1.63. The Hall–Kier alpha value is -0.610. The summed E-state index contributed by atoms with van der Waals surface area (Å²) in [5, 5.41) is 13.0. The topological polar surface area (TPSA) is 52.6 Å². The van der Waals surface area contributed by atoms with Gasteiger partial charge in [-0.2, -0.15) is 0 Å². The van der Waals surface area contributed by atoms with Crippen LogP contribution in [0.25, 0.3) is 0 Å². The fraction of sp³-hybridized carbons (Fsp3) is 0.929. The van der Waals surface area contributed by atoms with E-state index >= 15 is 0 Å². The molecule has 0 bridgehead atoms. The average Bonchev–Trinajstić information content (AvgIpc) is 2.24. The number of amides is 1. The molecule has 18 heavy (non-hydrogen) atoms. The maximum Gasteiger partial charge on any atom is 0.223 e. The van der Waals surface area contributed by atoms with Gasteiger partial charge in [0, 0.05) is 19.0 Å². The van der Waals surface area contributed by atoms with Crippen LogP contribution < -0.4 is 5.32 Å². The summed E-state index contributed by atoms with van der Waals surface area (Å²) in [6.45, 7) is 6.80. The molecule has 0 spiro atoms. The van der Waals surface area contributed by atoms with Gasteiger partial charge in [0.25, 0.3) is 0 Å². The highest BCUT2D eigenvalue weighted by Gasteiger charge is 2.24. The molecule has 0 aromatic rings. The van der Waals surface area contributed by atoms with E-state index < -0.39 is 5.60 Å². The highest BCUT2D eigenvalue weighted by molar-refractivity contribution is 5.78. The van der Waals surface area contributed by atoms with E-state index in [2.05, 4.69) is 19.2 Å². The Morgan fingerprint density at radius 3 is 2.17 bits per heavy atom. The Morgan fingerprint density at radius 1 is 1.28 bits per heavy atom. The zero-order valence-corrected chi connectivity index (χ0v) is 12.6. The van der Waals surface area contributed by atoms with Crippen LogP contribution in [0.1, 0.15) is 46.5 Å². The molecule has 0 heterocycles. The van der Waals surface area contributed by atoms with Gasteiger partial charge in [-0.05, 0) is 33.9 Å². The molecule has 0 fully saturated rings. The molecule has 0 saturated heterocycles. The second kappa shape index (κ2) is 8.48. The normalized spacial score (nSPS) is 14.9. The first-order valence-corrected chi connectivity index (χ1v) is 6.97. The van der Waals surface area contributed by atoms with Gasteiger partial charge in [-0.25, -0.2) is 0 Å². The molecule has 0 aliphatic rings. The van der Waals surface area contributed by atoms with Gasteiger partial charge in [0.15, 0.2) is 0 Å². The van der Waals surface area contributed by atoms with E-state index in [0.29, 0.717) is 13.1 Å². The number of hydrogen-bond acceptors (Lipinski definition) is 3. The first kappa shape index (κ1) is 17.4. The predicted molar refractivity (Wildman–Crippen MR) is 75.5 cm³/mol. The zero-order valence-electron chi connectivity index (χ0n) is 12.6. The standard InChI is InChI=1S/C14H30N2O2/c1-6-8-12(9-7-2)13(17)15-10-14(3,18)11-16(4)5/h12,18H,6-11H2,1-5H3,(H,15,17). The molecule has 1 amide bonds. The van der Waals surface area contributed by atoms with E-state index in [9.17, 15) is 9.90 Å². The van der Waals surface area contributed by atoms with Crippen LogP contribution in [-0.2, 0) is 4.79 Å². The van der Waals surface area contributed by atoms with Crippen molar-refractivity contribution in [2.45, 2.75) is 52.1 Å². The van der Waals surface area contributed by atoms with E-state index in [4.69, 9.17) is 0 Å². The Balaban J connectivity index is 4.20. The van der Waals surface area contributed by atoms with Crippen molar-refractivity contribution in [3.63, 3.8) is 0 Å². The summed E-state index contributed by atoms with van der Waals surface area (Å²) in [5.41, 5.74) is -0.873. The van der Waals surface area contributed by atoms with E-state index in [1.54, 1.807) is 6.92 Å². The van der Waals surface area contributed by atoms with Crippen LogP contribution in [0, 0.1) is 5.92 Å². The molecule has 0 aromatic heterocycles. The molecule has 0 saturated carbocycles. The van der Waals surface area contributed by atoms with Gasteiger partial charge in [-0.3, -0.25) is 4.79 Å². The molecule has 0 aliphatic carbocycles. The molecule has 4 nitrogen and oxygen atoms in total. The summed E-state index contributed by atoms with van der Waals surface area (Å²) in [4.78, 5) is 13.9. The van der Waals surface area contributed by atoms with E-state index in [1.807, 2.05) is 19.0 Å².